The van der Waals surface area contributed by atoms with Gasteiger partial charge in [-0.1, -0.05) is 6.92 Å². The number of aliphatic carboxylic acids is 1. The Hall–Kier alpha value is -1.14. The van der Waals surface area contributed by atoms with Gasteiger partial charge in [0.2, 0.25) is 5.91 Å². The van der Waals surface area contributed by atoms with Crippen LogP contribution in [0.15, 0.2) is 0 Å². The summed E-state index contributed by atoms with van der Waals surface area (Å²) in [5, 5.41) is 12.2. The molecule has 3 unspecified atom stereocenters. The van der Waals surface area contributed by atoms with E-state index >= 15 is 0 Å². The number of hydrogen-bond donors (Lipinski definition) is 2. The highest BCUT2D eigenvalue weighted by atomic mass is 16.5. The Morgan fingerprint density at radius 2 is 2.29 bits per heavy atom. The third-order valence-corrected chi connectivity index (χ3v) is 4.53. The molecule has 0 aromatic heterocycles. The van der Waals surface area contributed by atoms with Crippen LogP contribution in [0.25, 0.3) is 0 Å². The number of likely N-dealkylation sites (tertiary alicyclic amines) is 1. The fraction of sp³-hybridized carbons (Fsp3) is 0.867. The second-order valence-corrected chi connectivity index (χ2v) is 6.25. The van der Waals surface area contributed by atoms with E-state index in [0.717, 1.165) is 25.9 Å². The quantitative estimate of drug-likeness (QED) is 0.781. The van der Waals surface area contributed by atoms with Crippen molar-refractivity contribution in [1.82, 2.24) is 10.2 Å². The van der Waals surface area contributed by atoms with Gasteiger partial charge in [0.05, 0.1) is 13.2 Å². The number of carboxylic acids is 1. The number of carboxylic acid groups (broad SMARTS) is 1. The van der Waals surface area contributed by atoms with Gasteiger partial charge in [0.1, 0.15) is 0 Å². The molecule has 2 fully saturated rings. The fourth-order valence-corrected chi connectivity index (χ4v) is 3.23. The Bertz CT molecular complexity index is 369. The van der Waals surface area contributed by atoms with Gasteiger partial charge in [0, 0.05) is 38.5 Å². The van der Waals surface area contributed by atoms with Crippen molar-refractivity contribution in [3.8, 4) is 0 Å². The number of nitrogens with one attached hydrogen (secondary N) is 1. The summed E-state index contributed by atoms with van der Waals surface area (Å²) in [4.78, 5) is 25.1. The third kappa shape index (κ3) is 4.97. The number of piperidine rings is 1. The summed E-state index contributed by atoms with van der Waals surface area (Å²) in [6.45, 7) is 5.57. The van der Waals surface area contributed by atoms with Gasteiger partial charge in [-0.15, -0.1) is 0 Å². The average Bonchev–Trinajstić information content (AvgIpc) is 2.47. The van der Waals surface area contributed by atoms with Crippen molar-refractivity contribution >= 4 is 11.9 Å². The predicted molar refractivity (Wildman–Crippen MR) is 77.9 cm³/mol. The fourth-order valence-electron chi connectivity index (χ4n) is 3.23. The Labute approximate surface area is 125 Å². The summed E-state index contributed by atoms with van der Waals surface area (Å²) < 4.78 is 5.37. The molecule has 2 aliphatic rings. The second kappa shape index (κ2) is 7.75. The third-order valence-electron chi connectivity index (χ3n) is 4.53. The maximum atomic E-state index is 12.4. The molecular formula is C15H26N2O4. The number of hydrogen-bond acceptors (Lipinski definition) is 4. The molecular weight excluding hydrogens is 272 g/mol. The van der Waals surface area contributed by atoms with Gasteiger partial charge in [0.25, 0.3) is 0 Å². The van der Waals surface area contributed by atoms with Gasteiger partial charge in [-0.3, -0.25) is 9.59 Å². The molecule has 120 valence electrons. The Kier molecular flexibility index (Phi) is 5.99. The van der Waals surface area contributed by atoms with E-state index in [1.165, 1.54) is 0 Å². The smallest absolute Gasteiger partial charge is 0.303 e. The van der Waals surface area contributed by atoms with E-state index in [1.807, 2.05) is 11.8 Å². The van der Waals surface area contributed by atoms with Crippen molar-refractivity contribution < 1.29 is 19.4 Å². The molecule has 21 heavy (non-hydrogen) atoms. The van der Waals surface area contributed by atoms with Crippen LogP contribution < -0.4 is 5.32 Å². The van der Waals surface area contributed by atoms with Crippen LogP contribution in [-0.4, -0.2) is 60.8 Å². The number of ether oxygens (including phenoxy) is 1. The van der Waals surface area contributed by atoms with E-state index in [0.29, 0.717) is 32.1 Å². The summed E-state index contributed by atoms with van der Waals surface area (Å²) in [5.41, 5.74) is 0. The number of carbonyl (C=O) groups is 2. The van der Waals surface area contributed by atoms with Crippen molar-refractivity contribution in [2.75, 3.05) is 32.8 Å². The van der Waals surface area contributed by atoms with E-state index < -0.39 is 5.97 Å². The lowest BCUT2D eigenvalue weighted by Crippen LogP contribution is -2.47. The SMILES string of the molecule is CC(CC(=O)O)C1CCCN(C(=O)CC2COCCN2)C1. The first kappa shape index (κ1) is 16.2. The molecule has 2 heterocycles. The molecule has 6 heteroatoms. The number of nitrogens with zero attached hydrogens (tertiary/aromatic N) is 1. The van der Waals surface area contributed by atoms with Gasteiger partial charge in [-0.05, 0) is 24.7 Å². The molecule has 3 atom stereocenters. The molecule has 2 rings (SSSR count). The zero-order chi connectivity index (χ0) is 15.2. The predicted octanol–water partition coefficient (Wildman–Crippen LogP) is 0.714. The molecule has 2 saturated heterocycles. The maximum Gasteiger partial charge on any atom is 0.303 e. The van der Waals surface area contributed by atoms with E-state index in [1.54, 1.807) is 0 Å². The number of rotatable bonds is 5. The van der Waals surface area contributed by atoms with Gasteiger partial charge in [-0.25, -0.2) is 0 Å². The standard InChI is InChI=1S/C15H26N2O4/c1-11(7-15(19)20)12-3-2-5-17(9-12)14(18)8-13-10-21-6-4-16-13/h11-13,16H,2-10H2,1H3,(H,19,20). The lowest BCUT2D eigenvalue weighted by Gasteiger charge is -2.36. The normalized spacial score (nSPS) is 28.1. The highest BCUT2D eigenvalue weighted by Gasteiger charge is 2.29. The average molecular weight is 298 g/mol. The van der Waals surface area contributed by atoms with E-state index in [2.05, 4.69) is 5.32 Å². The molecule has 0 spiro atoms. The zero-order valence-electron chi connectivity index (χ0n) is 12.7. The van der Waals surface area contributed by atoms with Crippen LogP contribution in [0, 0.1) is 11.8 Å². The summed E-state index contributed by atoms with van der Waals surface area (Å²) in [6.07, 6.45) is 2.64. The van der Waals surface area contributed by atoms with Crippen LogP contribution in [-0.2, 0) is 14.3 Å². The number of amides is 1. The van der Waals surface area contributed by atoms with Crippen LogP contribution in [0.4, 0.5) is 0 Å². The highest BCUT2D eigenvalue weighted by molar-refractivity contribution is 5.77. The molecule has 2 N–H and O–H groups in total. The lowest BCUT2D eigenvalue weighted by molar-refractivity contribution is -0.138. The van der Waals surface area contributed by atoms with Crippen LogP contribution >= 0.6 is 0 Å². The molecule has 0 aliphatic carbocycles. The van der Waals surface area contributed by atoms with Crippen LogP contribution in [0.5, 0.6) is 0 Å². The highest BCUT2D eigenvalue weighted by Crippen LogP contribution is 2.26. The minimum atomic E-state index is -0.755. The summed E-state index contributed by atoms with van der Waals surface area (Å²) >= 11 is 0. The van der Waals surface area contributed by atoms with Crippen molar-refractivity contribution in [2.45, 2.75) is 38.6 Å². The van der Waals surface area contributed by atoms with E-state index in [4.69, 9.17) is 9.84 Å². The zero-order valence-corrected chi connectivity index (χ0v) is 12.7. The van der Waals surface area contributed by atoms with Crippen molar-refractivity contribution in [3.63, 3.8) is 0 Å². The molecule has 2 aliphatic heterocycles. The van der Waals surface area contributed by atoms with Gasteiger partial charge < -0.3 is 20.1 Å². The van der Waals surface area contributed by atoms with E-state index in [-0.39, 0.29) is 24.3 Å². The first-order valence-corrected chi connectivity index (χ1v) is 7.87. The first-order valence-electron chi connectivity index (χ1n) is 7.87. The number of carbonyl (C=O) groups excluding carboxylic acids is 1. The van der Waals surface area contributed by atoms with Crippen LogP contribution in [0.3, 0.4) is 0 Å². The number of morpholine rings is 1. The largest absolute Gasteiger partial charge is 0.481 e. The van der Waals surface area contributed by atoms with Crippen molar-refractivity contribution in [1.29, 1.82) is 0 Å². The minimum Gasteiger partial charge on any atom is -0.481 e. The van der Waals surface area contributed by atoms with Gasteiger partial charge in [0.15, 0.2) is 0 Å². The first-order chi connectivity index (χ1) is 10.1. The summed E-state index contributed by atoms with van der Waals surface area (Å²) in [6, 6.07) is 0.114. The molecule has 1 amide bonds. The van der Waals surface area contributed by atoms with Gasteiger partial charge >= 0.3 is 5.97 Å². The molecule has 0 aromatic rings. The molecule has 0 bridgehead atoms. The summed E-state index contributed by atoms with van der Waals surface area (Å²) in [5.74, 6) is -0.177. The van der Waals surface area contributed by atoms with Crippen LogP contribution in [0.2, 0.25) is 0 Å². The molecule has 0 radical (unpaired) electrons. The Morgan fingerprint density at radius 3 is 2.95 bits per heavy atom. The minimum absolute atomic E-state index is 0.114. The van der Waals surface area contributed by atoms with Crippen molar-refractivity contribution in [3.05, 3.63) is 0 Å². The van der Waals surface area contributed by atoms with Gasteiger partial charge in [-0.2, -0.15) is 0 Å². The maximum absolute atomic E-state index is 12.4. The summed E-state index contributed by atoms with van der Waals surface area (Å²) in [7, 11) is 0. The Morgan fingerprint density at radius 1 is 1.48 bits per heavy atom. The second-order valence-electron chi connectivity index (χ2n) is 6.25. The molecule has 0 aromatic carbocycles. The van der Waals surface area contributed by atoms with Crippen LogP contribution in [0.1, 0.15) is 32.6 Å². The monoisotopic (exact) mass is 298 g/mol. The molecule has 0 saturated carbocycles. The van der Waals surface area contributed by atoms with Crippen molar-refractivity contribution in [2.24, 2.45) is 11.8 Å². The van der Waals surface area contributed by atoms with E-state index in [9.17, 15) is 9.59 Å². The lowest BCUT2D eigenvalue weighted by atomic mass is 9.84. The Balaban J connectivity index is 1.81. The topological polar surface area (TPSA) is 78.9 Å². The molecule has 6 nitrogen and oxygen atoms in total.